The molecule has 0 bridgehead atoms. The molecule has 0 spiro atoms. The zero-order valence-corrected chi connectivity index (χ0v) is 12.9. The normalized spacial score (nSPS) is 10.5. The summed E-state index contributed by atoms with van der Waals surface area (Å²) in [6, 6.07) is 13.9. The van der Waals surface area contributed by atoms with Gasteiger partial charge in [0.2, 0.25) is 0 Å². The summed E-state index contributed by atoms with van der Waals surface area (Å²) in [6.45, 7) is 2.07. The van der Waals surface area contributed by atoms with Gasteiger partial charge < -0.3 is 14.8 Å². The van der Waals surface area contributed by atoms with Crippen molar-refractivity contribution in [1.29, 1.82) is 0 Å². The van der Waals surface area contributed by atoms with Crippen molar-refractivity contribution < 1.29 is 9.47 Å². The molecule has 0 aliphatic heterocycles. The number of fused-ring (bicyclic) bond motifs is 1. The van der Waals surface area contributed by atoms with E-state index in [1.165, 1.54) is 0 Å². The van der Waals surface area contributed by atoms with Crippen molar-refractivity contribution >= 4 is 22.3 Å². The number of hydrogen-bond acceptors (Lipinski definition) is 4. The lowest BCUT2D eigenvalue weighted by atomic mass is 10.1. The number of hydrogen-bond donors (Lipinski definition) is 1. The highest BCUT2D eigenvalue weighted by molar-refractivity contribution is 5.94. The summed E-state index contributed by atoms with van der Waals surface area (Å²) < 4.78 is 10.6. The highest BCUT2D eigenvalue weighted by Crippen LogP contribution is 2.32. The largest absolute Gasteiger partial charge is 0.493 e. The predicted molar refractivity (Wildman–Crippen MR) is 89.3 cm³/mol. The second-order valence-corrected chi connectivity index (χ2v) is 5.02. The van der Waals surface area contributed by atoms with Gasteiger partial charge in [-0.1, -0.05) is 18.2 Å². The number of rotatable bonds is 4. The minimum atomic E-state index is 0.696. The van der Waals surface area contributed by atoms with Gasteiger partial charge in [-0.2, -0.15) is 0 Å². The van der Waals surface area contributed by atoms with Crippen molar-refractivity contribution in [2.24, 2.45) is 0 Å². The number of benzene rings is 2. The molecule has 4 nitrogen and oxygen atoms in total. The maximum atomic E-state index is 5.34. The third-order valence-corrected chi connectivity index (χ3v) is 3.64. The number of aromatic nitrogens is 1. The molecule has 0 aliphatic carbocycles. The van der Waals surface area contributed by atoms with Gasteiger partial charge in [-0.25, -0.2) is 0 Å². The fourth-order valence-electron chi connectivity index (χ4n) is 2.50. The molecule has 1 N–H and O–H groups in total. The highest BCUT2D eigenvalue weighted by atomic mass is 16.5. The van der Waals surface area contributed by atoms with E-state index in [9.17, 15) is 0 Å². The molecule has 0 radical (unpaired) electrons. The van der Waals surface area contributed by atoms with Gasteiger partial charge >= 0.3 is 0 Å². The summed E-state index contributed by atoms with van der Waals surface area (Å²) in [4.78, 5) is 4.46. The van der Waals surface area contributed by atoms with Gasteiger partial charge in [0.15, 0.2) is 11.5 Å². The molecule has 22 heavy (non-hydrogen) atoms. The van der Waals surface area contributed by atoms with Crippen LogP contribution in [-0.4, -0.2) is 19.2 Å². The first-order valence-corrected chi connectivity index (χ1v) is 7.06. The molecule has 0 amide bonds. The maximum absolute atomic E-state index is 5.34. The number of pyridine rings is 1. The third-order valence-electron chi connectivity index (χ3n) is 3.64. The minimum absolute atomic E-state index is 0.696. The van der Waals surface area contributed by atoms with E-state index in [0.717, 1.165) is 27.8 Å². The average molecular weight is 294 g/mol. The third kappa shape index (κ3) is 2.55. The van der Waals surface area contributed by atoms with Crippen LogP contribution in [0.3, 0.4) is 0 Å². The number of methoxy groups -OCH3 is 2. The Hall–Kier alpha value is -2.75. The fraction of sp³-hybridized carbons (Fsp3) is 0.167. The monoisotopic (exact) mass is 294 g/mol. The summed E-state index contributed by atoms with van der Waals surface area (Å²) in [5.74, 6) is 1.41. The Morgan fingerprint density at radius 1 is 0.955 bits per heavy atom. The maximum Gasteiger partial charge on any atom is 0.162 e. The smallest absolute Gasteiger partial charge is 0.162 e. The lowest BCUT2D eigenvalue weighted by Crippen LogP contribution is -1.96. The molecule has 0 fully saturated rings. The van der Waals surface area contributed by atoms with Crippen LogP contribution in [0.4, 0.5) is 11.4 Å². The molecule has 0 unspecified atom stereocenters. The van der Waals surface area contributed by atoms with Crippen LogP contribution in [-0.2, 0) is 0 Å². The van der Waals surface area contributed by atoms with Gasteiger partial charge in [0.25, 0.3) is 0 Å². The predicted octanol–water partition coefficient (Wildman–Crippen LogP) is 4.30. The molecule has 112 valence electrons. The summed E-state index contributed by atoms with van der Waals surface area (Å²) >= 11 is 0. The van der Waals surface area contributed by atoms with E-state index in [2.05, 4.69) is 29.4 Å². The van der Waals surface area contributed by atoms with Gasteiger partial charge in [-0.15, -0.1) is 0 Å². The van der Waals surface area contributed by atoms with Crippen LogP contribution in [0, 0.1) is 6.92 Å². The van der Waals surface area contributed by atoms with Crippen LogP contribution in [0.5, 0.6) is 11.5 Å². The van der Waals surface area contributed by atoms with Crippen LogP contribution < -0.4 is 14.8 Å². The molecular weight excluding hydrogens is 276 g/mol. The molecule has 0 saturated carbocycles. The van der Waals surface area contributed by atoms with Gasteiger partial charge in [-0.05, 0) is 30.7 Å². The molecular formula is C18H18N2O2. The van der Waals surface area contributed by atoms with Crippen molar-refractivity contribution in [2.75, 3.05) is 19.5 Å². The molecule has 0 aliphatic rings. The van der Waals surface area contributed by atoms with Gasteiger partial charge in [-0.3, -0.25) is 4.98 Å². The quantitative estimate of drug-likeness (QED) is 0.779. The Balaban J connectivity index is 2.02. The first-order chi connectivity index (χ1) is 10.7. The van der Waals surface area contributed by atoms with Crippen molar-refractivity contribution in [2.45, 2.75) is 6.92 Å². The summed E-state index contributed by atoms with van der Waals surface area (Å²) in [6.07, 6.45) is 1.82. The van der Waals surface area contributed by atoms with Crippen LogP contribution in [0.2, 0.25) is 0 Å². The second kappa shape index (κ2) is 5.93. The topological polar surface area (TPSA) is 43.4 Å². The van der Waals surface area contributed by atoms with E-state index < -0.39 is 0 Å². The first-order valence-electron chi connectivity index (χ1n) is 7.06. The lowest BCUT2D eigenvalue weighted by Gasteiger charge is -2.13. The zero-order valence-electron chi connectivity index (χ0n) is 12.9. The molecule has 3 rings (SSSR count). The Morgan fingerprint density at radius 3 is 2.55 bits per heavy atom. The zero-order chi connectivity index (χ0) is 15.5. The SMILES string of the molecule is COc1ccc(Nc2ccnc3c(C)cccc23)cc1OC. The molecule has 1 aromatic heterocycles. The number of aryl methyl sites for hydroxylation is 1. The van der Waals surface area contributed by atoms with E-state index in [1.54, 1.807) is 14.2 Å². The van der Waals surface area contributed by atoms with Crippen LogP contribution in [0.25, 0.3) is 10.9 Å². The Labute approximate surface area is 129 Å². The Bertz CT molecular complexity index is 815. The van der Waals surface area contributed by atoms with Crippen molar-refractivity contribution in [3.05, 3.63) is 54.2 Å². The number of anilines is 2. The van der Waals surface area contributed by atoms with E-state index in [1.807, 2.05) is 36.5 Å². The molecule has 2 aromatic carbocycles. The van der Waals surface area contributed by atoms with Crippen molar-refractivity contribution in [1.82, 2.24) is 4.98 Å². The van der Waals surface area contributed by atoms with E-state index in [4.69, 9.17) is 9.47 Å². The summed E-state index contributed by atoms with van der Waals surface area (Å²) in [5, 5.41) is 4.52. The number of ether oxygens (including phenoxy) is 2. The Kier molecular flexibility index (Phi) is 3.83. The van der Waals surface area contributed by atoms with Crippen molar-refractivity contribution in [3.63, 3.8) is 0 Å². The summed E-state index contributed by atoms with van der Waals surface area (Å²) in [5.41, 5.74) is 4.12. The molecule has 1 heterocycles. The van der Waals surface area contributed by atoms with Gasteiger partial charge in [0.05, 0.1) is 19.7 Å². The van der Waals surface area contributed by atoms with Gasteiger partial charge in [0, 0.05) is 29.0 Å². The van der Waals surface area contributed by atoms with E-state index >= 15 is 0 Å². The van der Waals surface area contributed by atoms with Crippen molar-refractivity contribution in [3.8, 4) is 11.5 Å². The fourth-order valence-corrected chi connectivity index (χ4v) is 2.50. The molecule has 4 heteroatoms. The summed E-state index contributed by atoms with van der Waals surface area (Å²) in [7, 11) is 3.26. The molecule has 0 saturated heterocycles. The number of nitrogens with zero attached hydrogens (tertiary/aromatic N) is 1. The highest BCUT2D eigenvalue weighted by Gasteiger charge is 2.07. The second-order valence-electron chi connectivity index (χ2n) is 5.02. The Morgan fingerprint density at radius 2 is 1.77 bits per heavy atom. The van der Waals surface area contributed by atoms with E-state index in [0.29, 0.717) is 11.5 Å². The standard InChI is InChI=1S/C18H18N2O2/c1-12-5-4-6-14-15(9-10-19-18(12)14)20-13-7-8-16(21-2)17(11-13)22-3/h4-11H,1-3H3,(H,19,20). The first kappa shape index (κ1) is 14.2. The van der Waals surface area contributed by atoms with Crippen LogP contribution in [0.1, 0.15) is 5.56 Å². The average Bonchev–Trinajstić information content (AvgIpc) is 2.55. The lowest BCUT2D eigenvalue weighted by molar-refractivity contribution is 0.355. The number of para-hydroxylation sites is 1. The molecule has 3 aromatic rings. The van der Waals surface area contributed by atoms with Gasteiger partial charge in [0.1, 0.15) is 0 Å². The number of nitrogens with one attached hydrogen (secondary N) is 1. The molecule has 0 atom stereocenters. The van der Waals surface area contributed by atoms with Crippen LogP contribution >= 0.6 is 0 Å². The minimum Gasteiger partial charge on any atom is -0.493 e. The van der Waals surface area contributed by atoms with Crippen LogP contribution in [0.15, 0.2) is 48.7 Å². The van der Waals surface area contributed by atoms with E-state index in [-0.39, 0.29) is 0 Å².